The first-order valence-electron chi connectivity index (χ1n) is 8.84. The predicted molar refractivity (Wildman–Crippen MR) is 111 cm³/mol. The van der Waals surface area contributed by atoms with E-state index in [0.717, 1.165) is 5.56 Å². The van der Waals surface area contributed by atoms with Crippen LogP contribution in [0.25, 0.3) is 0 Å². The molecule has 3 aromatic rings. The molecule has 0 radical (unpaired) electrons. The van der Waals surface area contributed by atoms with E-state index in [4.69, 9.17) is 21.6 Å². The predicted octanol–water partition coefficient (Wildman–Crippen LogP) is 4.65. The summed E-state index contributed by atoms with van der Waals surface area (Å²) in [5.74, 6) is 0.0577. The van der Waals surface area contributed by atoms with E-state index >= 15 is 0 Å². The van der Waals surface area contributed by atoms with Crippen molar-refractivity contribution in [2.75, 3.05) is 11.9 Å². The number of ether oxygens (including phenoxy) is 1. The largest absolute Gasteiger partial charge is 0.484 e. The molecule has 29 heavy (non-hydrogen) atoms. The highest BCUT2D eigenvalue weighted by Gasteiger charge is 2.10. The topological polar surface area (TPSA) is 79.2 Å². The van der Waals surface area contributed by atoms with Crippen molar-refractivity contribution in [1.82, 2.24) is 0 Å². The molecular formula is C23H17ClN2O3. The molecule has 0 unspecified atom stereocenters. The van der Waals surface area contributed by atoms with Gasteiger partial charge in [-0.25, -0.2) is 0 Å². The number of nitrogens with zero attached hydrogens (tertiary/aromatic N) is 1. The lowest BCUT2D eigenvalue weighted by Crippen LogP contribution is -2.20. The molecule has 0 heterocycles. The highest BCUT2D eigenvalue weighted by Crippen LogP contribution is 2.17. The number of rotatable bonds is 7. The summed E-state index contributed by atoms with van der Waals surface area (Å²) in [4.78, 5) is 24.5. The molecule has 0 saturated carbocycles. The van der Waals surface area contributed by atoms with E-state index in [-0.39, 0.29) is 18.3 Å². The highest BCUT2D eigenvalue weighted by molar-refractivity contribution is 6.30. The molecule has 3 rings (SSSR count). The Kier molecular flexibility index (Phi) is 6.62. The number of nitriles is 1. The Balaban J connectivity index is 1.53. The number of benzene rings is 3. The van der Waals surface area contributed by atoms with Crippen LogP contribution in [0.4, 0.5) is 5.69 Å². The molecule has 0 fully saturated rings. The second-order valence-electron chi connectivity index (χ2n) is 6.23. The number of hydrogen-bond acceptors (Lipinski definition) is 4. The first-order valence-corrected chi connectivity index (χ1v) is 9.22. The number of carbonyl (C=O) groups is 2. The smallest absolute Gasteiger partial charge is 0.262 e. The van der Waals surface area contributed by atoms with Gasteiger partial charge in [0, 0.05) is 21.8 Å². The Hall–Kier alpha value is -3.62. The minimum atomic E-state index is -0.306. The first-order chi connectivity index (χ1) is 14.0. The molecule has 144 valence electrons. The van der Waals surface area contributed by atoms with Gasteiger partial charge in [0.15, 0.2) is 12.4 Å². The van der Waals surface area contributed by atoms with Gasteiger partial charge in [0.1, 0.15) is 5.75 Å². The molecule has 0 saturated heterocycles. The van der Waals surface area contributed by atoms with Crippen molar-refractivity contribution in [3.63, 3.8) is 0 Å². The van der Waals surface area contributed by atoms with Gasteiger partial charge in [-0.1, -0.05) is 23.7 Å². The number of anilines is 1. The molecule has 0 atom stereocenters. The third-order valence-corrected chi connectivity index (χ3v) is 4.37. The van der Waals surface area contributed by atoms with E-state index in [1.54, 1.807) is 72.8 Å². The zero-order chi connectivity index (χ0) is 20.6. The fourth-order valence-electron chi connectivity index (χ4n) is 2.61. The highest BCUT2D eigenvalue weighted by atomic mass is 35.5. The summed E-state index contributed by atoms with van der Waals surface area (Å²) in [6, 6.07) is 22.4. The first kappa shape index (κ1) is 20.1. The SMILES string of the molecule is N#CCc1ccc(NC(=O)COc2ccc(C(=O)c3ccc(Cl)cc3)cc2)cc1. The molecule has 1 amide bonds. The maximum Gasteiger partial charge on any atom is 0.262 e. The normalized spacial score (nSPS) is 10.1. The van der Waals surface area contributed by atoms with Crippen molar-refractivity contribution in [3.05, 3.63) is 94.5 Å². The minimum absolute atomic E-state index is 0.120. The minimum Gasteiger partial charge on any atom is -0.484 e. The zero-order valence-corrected chi connectivity index (χ0v) is 16.1. The van der Waals surface area contributed by atoms with Gasteiger partial charge in [-0.3, -0.25) is 9.59 Å². The fraction of sp³-hybridized carbons (Fsp3) is 0.0870. The summed E-state index contributed by atoms with van der Waals surface area (Å²) < 4.78 is 5.47. The summed E-state index contributed by atoms with van der Waals surface area (Å²) in [5.41, 5.74) is 2.57. The average Bonchev–Trinajstić information content (AvgIpc) is 2.74. The molecule has 1 N–H and O–H groups in total. The Morgan fingerprint density at radius 2 is 1.48 bits per heavy atom. The van der Waals surface area contributed by atoms with Gasteiger partial charge in [0.05, 0.1) is 12.5 Å². The van der Waals surface area contributed by atoms with Crippen LogP contribution < -0.4 is 10.1 Å². The van der Waals surface area contributed by atoms with Gasteiger partial charge in [-0.2, -0.15) is 5.26 Å². The Bertz CT molecular complexity index is 1040. The van der Waals surface area contributed by atoms with Crippen LogP contribution in [0.3, 0.4) is 0 Å². The Morgan fingerprint density at radius 3 is 2.07 bits per heavy atom. The molecule has 3 aromatic carbocycles. The summed E-state index contributed by atoms with van der Waals surface area (Å²) in [7, 11) is 0. The van der Waals surface area contributed by atoms with E-state index in [1.807, 2.05) is 0 Å². The summed E-state index contributed by atoms with van der Waals surface area (Å²) in [6.45, 7) is -0.162. The lowest BCUT2D eigenvalue weighted by atomic mass is 10.0. The molecule has 0 aromatic heterocycles. The quantitative estimate of drug-likeness (QED) is 0.581. The van der Waals surface area contributed by atoms with E-state index in [0.29, 0.717) is 34.0 Å². The lowest BCUT2D eigenvalue weighted by molar-refractivity contribution is -0.118. The average molecular weight is 405 g/mol. The van der Waals surface area contributed by atoms with Gasteiger partial charge >= 0.3 is 0 Å². The summed E-state index contributed by atoms with van der Waals surface area (Å²) in [5, 5.41) is 12.0. The molecule has 0 spiro atoms. The van der Waals surface area contributed by atoms with Gasteiger partial charge in [-0.15, -0.1) is 0 Å². The van der Waals surface area contributed by atoms with Crippen LogP contribution in [0.1, 0.15) is 21.5 Å². The third-order valence-electron chi connectivity index (χ3n) is 4.11. The second kappa shape index (κ2) is 9.54. The van der Waals surface area contributed by atoms with Crippen LogP contribution in [0.15, 0.2) is 72.8 Å². The van der Waals surface area contributed by atoms with Crippen molar-refractivity contribution in [2.24, 2.45) is 0 Å². The van der Waals surface area contributed by atoms with Crippen molar-refractivity contribution in [1.29, 1.82) is 5.26 Å². The molecule has 0 bridgehead atoms. The molecular weight excluding hydrogens is 388 g/mol. The van der Waals surface area contributed by atoms with Crippen LogP contribution in [0.2, 0.25) is 5.02 Å². The van der Waals surface area contributed by atoms with E-state index in [9.17, 15) is 9.59 Å². The van der Waals surface area contributed by atoms with E-state index < -0.39 is 0 Å². The number of carbonyl (C=O) groups excluding carboxylic acids is 2. The number of nitrogens with one attached hydrogen (secondary N) is 1. The third kappa shape index (κ3) is 5.68. The molecule has 0 aliphatic rings. The maximum atomic E-state index is 12.4. The zero-order valence-electron chi connectivity index (χ0n) is 15.4. The fourth-order valence-corrected chi connectivity index (χ4v) is 2.74. The molecule has 0 aliphatic heterocycles. The Labute approximate surface area is 173 Å². The monoisotopic (exact) mass is 404 g/mol. The standard InChI is InChI=1S/C23H17ClN2O3/c24-19-7-3-17(4-8-19)23(28)18-5-11-21(12-6-18)29-15-22(27)26-20-9-1-16(2-10-20)13-14-25/h1-12H,13,15H2,(H,26,27). The van der Waals surface area contributed by atoms with Crippen molar-refractivity contribution >= 4 is 29.0 Å². The summed E-state index contributed by atoms with van der Waals surface area (Å²) in [6.07, 6.45) is 0.327. The van der Waals surface area contributed by atoms with Crippen molar-refractivity contribution in [3.8, 4) is 11.8 Å². The van der Waals surface area contributed by atoms with Crippen LogP contribution in [0.5, 0.6) is 5.75 Å². The lowest BCUT2D eigenvalue weighted by Gasteiger charge is -2.08. The number of hydrogen-bond donors (Lipinski definition) is 1. The van der Waals surface area contributed by atoms with Crippen LogP contribution in [0, 0.1) is 11.3 Å². The van der Waals surface area contributed by atoms with Gasteiger partial charge in [0.2, 0.25) is 0 Å². The number of ketones is 1. The van der Waals surface area contributed by atoms with Gasteiger partial charge in [-0.05, 0) is 66.2 Å². The maximum absolute atomic E-state index is 12.4. The molecule has 6 heteroatoms. The van der Waals surface area contributed by atoms with E-state index in [1.165, 1.54) is 0 Å². The Morgan fingerprint density at radius 1 is 0.897 bits per heavy atom. The number of halogens is 1. The molecule has 0 aliphatic carbocycles. The van der Waals surface area contributed by atoms with E-state index in [2.05, 4.69) is 11.4 Å². The molecule has 5 nitrogen and oxygen atoms in total. The van der Waals surface area contributed by atoms with Gasteiger partial charge < -0.3 is 10.1 Å². The van der Waals surface area contributed by atoms with Crippen LogP contribution in [-0.4, -0.2) is 18.3 Å². The van der Waals surface area contributed by atoms with Gasteiger partial charge in [0.25, 0.3) is 5.91 Å². The van der Waals surface area contributed by atoms with Crippen molar-refractivity contribution in [2.45, 2.75) is 6.42 Å². The van der Waals surface area contributed by atoms with Crippen LogP contribution >= 0.6 is 11.6 Å². The van der Waals surface area contributed by atoms with Crippen molar-refractivity contribution < 1.29 is 14.3 Å². The second-order valence-corrected chi connectivity index (χ2v) is 6.67. The number of amides is 1. The van der Waals surface area contributed by atoms with Crippen LogP contribution in [-0.2, 0) is 11.2 Å². The summed E-state index contributed by atoms with van der Waals surface area (Å²) >= 11 is 5.84.